The van der Waals surface area contributed by atoms with Crippen LogP contribution in [0.25, 0.3) is 0 Å². The minimum absolute atomic E-state index is 0.114. The SMILES string of the molecule is CCN(CC)c1nc(N)c(C(=O)N(C)C(C)(C)CO)s1. The molecule has 0 unspecified atom stereocenters. The van der Waals surface area contributed by atoms with Crippen molar-refractivity contribution in [2.75, 3.05) is 37.4 Å². The van der Waals surface area contributed by atoms with Gasteiger partial charge in [-0.1, -0.05) is 11.3 Å². The molecule has 20 heavy (non-hydrogen) atoms. The van der Waals surface area contributed by atoms with Crippen LogP contribution >= 0.6 is 11.3 Å². The number of amides is 1. The Hall–Kier alpha value is -1.34. The first-order chi connectivity index (χ1) is 9.28. The molecule has 6 nitrogen and oxygen atoms in total. The number of rotatable bonds is 6. The van der Waals surface area contributed by atoms with Crippen LogP contribution in [-0.4, -0.2) is 53.2 Å². The number of likely N-dealkylation sites (N-methyl/N-ethyl adjacent to an activating group) is 1. The number of carbonyl (C=O) groups excluding carboxylic acids is 1. The van der Waals surface area contributed by atoms with Crippen LogP contribution < -0.4 is 10.6 Å². The van der Waals surface area contributed by atoms with Gasteiger partial charge < -0.3 is 20.6 Å². The Balaban J connectivity index is 3.06. The Morgan fingerprint density at radius 2 is 1.95 bits per heavy atom. The van der Waals surface area contributed by atoms with Gasteiger partial charge in [0.1, 0.15) is 10.7 Å². The monoisotopic (exact) mass is 300 g/mol. The average Bonchev–Trinajstić information content (AvgIpc) is 2.80. The van der Waals surface area contributed by atoms with Gasteiger partial charge in [0.2, 0.25) is 0 Å². The van der Waals surface area contributed by atoms with Gasteiger partial charge in [0.15, 0.2) is 5.13 Å². The zero-order valence-corrected chi connectivity index (χ0v) is 13.6. The van der Waals surface area contributed by atoms with Crippen LogP contribution in [0.15, 0.2) is 0 Å². The molecule has 3 N–H and O–H groups in total. The second kappa shape index (κ2) is 6.41. The fraction of sp³-hybridized carbons (Fsp3) is 0.692. The number of aliphatic hydroxyl groups is 1. The van der Waals surface area contributed by atoms with E-state index in [-0.39, 0.29) is 18.3 Å². The van der Waals surface area contributed by atoms with Crippen LogP contribution in [0.4, 0.5) is 10.9 Å². The topological polar surface area (TPSA) is 82.7 Å². The molecule has 7 heteroatoms. The first kappa shape index (κ1) is 16.7. The van der Waals surface area contributed by atoms with Gasteiger partial charge in [-0.05, 0) is 27.7 Å². The van der Waals surface area contributed by atoms with E-state index in [4.69, 9.17) is 5.73 Å². The molecule has 0 aliphatic rings. The zero-order valence-electron chi connectivity index (χ0n) is 12.8. The molecular weight excluding hydrogens is 276 g/mol. The molecule has 0 fully saturated rings. The molecule has 1 amide bonds. The van der Waals surface area contributed by atoms with E-state index in [0.29, 0.717) is 4.88 Å². The first-order valence-electron chi connectivity index (χ1n) is 6.68. The van der Waals surface area contributed by atoms with Crippen molar-refractivity contribution in [1.82, 2.24) is 9.88 Å². The van der Waals surface area contributed by atoms with Gasteiger partial charge in [0.25, 0.3) is 5.91 Å². The highest BCUT2D eigenvalue weighted by atomic mass is 32.1. The van der Waals surface area contributed by atoms with Crippen molar-refractivity contribution in [3.05, 3.63) is 4.88 Å². The lowest BCUT2D eigenvalue weighted by Gasteiger charge is -2.33. The van der Waals surface area contributed by atoms with Crippen LogP contribution in [0.1, 0.15) is 37.4 Å². The van der Waals surface area contributed by atoms with Crippen LogP contribution in [-0.2, 0) is 0 Å². The number of nitrogens with two attached hydrogens (primary N) is 1. The van der Waals surface area contributed by atoms with Crippen LogP contribution in [0.2, 0.25) is 0 Å². The summed E-state index contributed by atoms with van der Waals surface area (Å²) in [7, 11) is 1.66. The highest BCUT2D eigenvalue weighted by molar-refractivity contribution is 7.18. The van der Waals surface area contributed by atoms with E-state index >= 15 is 0 Å². The summed E-state index contributed by atoms with van der Waals surface area (Å²) in [5, 5.41) is 10.1. The van der Waals surface area contributed by atoms with E-state index in [2.05, 4.69) is 9.88 Å². The molecule has 0 spiro atoms. The quantitative estimate of drug-likeness (QED) is 0.830. The van der Waals surface area contributed by atoms with Gasteiger partial charge >= 0.3 is 0 Å². The fourth-order valence-corrected chi connectivity index (χ4v) is 2.72. The fourth-order valence-electron chi connectivity index (χ4n) is 1.64. The molecule has 1 rings (SSSR count). The minimum Gasteiger partial charge on any atom is -0.394 e. The second-order valence-corrected chi connectivity index (χ2v) is 6.20. The van der Waals surface area contributed by atoms with Crippen LogP contribution in [0.3, 0.4) is 0 Å². The summed E-state index contributed by atoms with van der Waals surface area (Å²) in [6.45, 7) is 9.18. The smallest absolute Gasteiger partial charge is 0.268 e. The van der Waals surface area contributed by atoms with Gasteiger partial charge in [0, 0.05) is 20.1 Å². The molecule has 0 saturated heterocycles. The predicted octanol–water partition coefficient (Wildman–Crippen LogP) is 1.41. The third kappa shape index (κ3) is 3.21. The van der Waals surface area contributed by atoms with Crippen molar-refractivity contribution < 1.29 is 9.90 Å². The number of carbonyl (C=O) groups is 1. The zero-order chi connectivity index (χ0) is 15.5. The molecule has 1 aromatic heterocycles. The van der Waals surface area contributed by atoms with Crippen molar-refractivity contribution in [1.29, 1.82) is 0 Å². The summed E-state index contributed by atoms with van der Waals surface area (Å²) in [4.78, 5) is 20.7. The number of hydrogen-bond donors (Lipinski definition) is 2. The standard InChI is InChI=1S/C13H24N4O2S/c1-6-17(7-2)12-15-10(14)9(20-12)11(19)16(5)13(3,4)8-18/h18H,6-8,14H2,1-5H3. The van der Waals surface area contributed by atoms with E-state index < -0.39 is 5.54 Å². The third-order valence-corrected chi connectivity index (χ3v) is 4.59. The third-order valence-electron chi connectivity index (χ3n) is 3.47. The number of nitrogens with zero attached hydrogens (tertiary/aromatic N) is 3. The Bertz CT molecular complexity index is 469. The Morgan fingerprint density at radius 3 is 2.40 bits per heavy atom. The van der Waals surface area contributed by atoms with E-state index in [0.717, 1.165) is 18.2 Å². The molecule has 0 bridgehead atoms. The molecule has 0 aromatic carbocycles. The van der Waals surface area contributed by atoms with E-state index in [1.54, 1.807) is 20.9 Å². The van der Waals surface area contributed by atoms with E-state index in [1.807, 2.05) is 13.8 Å². The molecule has 0 aliphatic heterocycles. The number of nitrogen functional groups attached to an aromatic ring is 1. The summed E-state index contributed by atoms with van der Waals surface area (Å²) in [5.41, 5.74) is 5.24. The van der Waals surface area contributed by atoms with Crippen LogP contribution in [0, 0.1) is 0 Å². The highest BCUT2D eigenvalue weighted by Crippen LogP contribution is 2.30. The maximum absolute atomic E-state index is 12.5. The number of thiazole rings is 1. The van der Waals surface area contributed by atoms with Gasteiger partial charge in [-0.3, -0.25) is 4.79 Å². The second-order valence-electron chi connectivity index (χ2n) is 5.22. The Labute approximate surface area is 124 Å². The average molecular weight is 300 g/mol. The molecule has 0 saturated carbocycles. The molecule has 1 heterocycles. The Kier molecular flexibility index (Phi) is 5.35. The van der Waals surface area contributed by atoms with E-state index in [1.165, 1.54) is 16.2 Å². The van der Waals surface area contributed by atoms with E-state index in [9.17, 15) is 9.90 Å². The van der Waals surface area contributed by atoms with Crippen molar-refractivity contribution in [3.8, 4) is 0 Å². The van der Waals surface area contributed by atoms with Gasteiger partial charge in [-0.25, -0.2) is 4.98 Å². The molecule has 0 aliphatic carbocycles. The van der Waals surface area contributed by atoms with Crippen LogP contribution in [0.5, 0.6) is 0 Å². The van der Waals surface area contributed by atoms with Gasteiger partial charge in [0.05, 0.1) is 12.1 Å². The molecule has 114 valence electrons. The molecule has 1 aromatic rings. The summed E-state index contributed by atoms with van der Waals surface area (Å²) in [5.74, 6) is 0.0416. The highest BCUT2D eigenvalue weighted by Gasteiger charge is 2.30. The number of hydrogen-bond acceptors (Lipinski definition) is 6. The molecule has 0 atom stereocenters. The number of aromatic nitrogens is 1. The summed E-state index contributed by atoms with van der Waals surface area (Å²) >= 11 is 1.30. The van der Waals surface area contributed by atoms with Crippen molar-refractivity contribution in [3.63, 3.8) is 0 Å². The summed E-state index contributed by atoms with van der Waals surface area (Å²) in [6, 6.07) is 0. The maximum Gasteiger partial charge on any atom is 0.268 e. The summed E-state index contributed by atoms with van der Waals surface area (Å²) in [6.07, 6.45) is 0. The minimum atomic E-state index is -0.636. The Morgan fingerprint density at radius 1 is 1.40 bits per heavy atom. The lowest BCUT2D eigenvalue weighted by molar-refractivity contribution is 0.0478. The van der Waals surface area contributed by atoms with Gasteiger partial charge in [-0.15, -0.1) is 0 Å². The molecular formula is C13H24N4O2S. The predicted molar refractivity (Wildman–Crippen MR) is 83.3 cm³/mol. The number of anilines is 2. The van der Waals surface area contributed by atoms with Crippen molar-refractivity contribution >= 4 is 28.2 Å². The lowest BCUT2D eigenvalue weighted by Crippen LogP contribution is -2.47. The maximum atomic E-state index is 12.5. The lowest BCUT2D eigenvalue weighted by atomic mass is 10.1. The van der Waals surface area contributed by atoms with Crippen molar-refractivity contribution in [2.24, 2.45) is 0 Å². The van der Waals surface area contributed by atoms with Gasteiger partial charge in [-0.2, -0.15) is 0 Å². The summed E-state index contributed by atoms with van der Waals surface area (Å²) < 4.78 is 0. The first-order valence-corrected chi connectivity index (χ1v) is 7.50. The largest absolute Gasteiger partial charge is 0.394 e. The molecule has 0 radical (unpaired) electrons. The number of aliphatic hydroxyl groups excluding tert-OH is 1. The normalized spacial score (nSPS) is 11.5. The van der Waals surface area contributed by atoms with Crippen molar-refractivity contribution in [2.45, 2.75) is 33.2 Å².